The molecule has 0 aliphatic heterocycles. The lowest BCUT2D eigenvalue weighted by molar-refractivity contribution is 1.09. The summed E-state index contributed by atoms with van der Waals surface area (Å²) in [4.78, 5) is 6.70. The van der Waals surface area contributed by atoms with Gasteiger partial charge in [0.1, 0.15) is 0 Å². The van der Waals surface area contributed by atoms with Crippen LogP contribution in [0.4, 0.5) is 0 Å². The van der Waals surface area contributed by atoms with Crippen molar-refractivity contribution in [2.75, 3.05) is 6.54 Å². The summed E-state index contributed by atoms with van der Waals surface area (Å²) in [7, 11) is 0. The Kier molecular flexibility index (Phi) is 2.47. The van der Waals surface area contributed by atoms with Crippen LogP contribution >= 0.6 is 0 Å². The van der Waals surface area contributed by atoms with Gasteiger partial charge in [-0.25, -0.2) is 6.57 Å². The average molecular weight is 198 g/mol. The number of nitrogens with one attached hydrogen (secondary N) is 1. The molecule has 0 fully saturated rings. The van der Waals surface area contributed by atoms with Crippen LogP contribution in [0.25, 0.3) is 15.7 Å². The maximum atomic E-state index is 6.80. The predicted octanol–water partition coefficient (Wildman–Crippen LogP) is 3.25. The Labute approximate surface area is 89.7 Å². The quantitative estimate of drug-likeness (QED) is 0.715. The van der Waals surface area contributed by atoms with E-state index < -0.39 is 0 Å². The van der Waals surface area contributed by atoms with Gasteiger partial charge in [-0.2, -0.15) is 0 Å². The molecular weight excluding hydrogens is 184 g/mol. The molecule has 1 aromatic heterocycles. The fraction of sp³-hybridized carbons (Fsp3) is 0.308. The summed E-state index contributed by atoms with van der Waals surface area (Å²) in [5.41, 5.74) is 5.08. The molecule has 2 rings (SSSR count). The van der Waals surface area contributed by atoms with Crippen LogP contribution in [-0.4, -0.2) is 11.5 Å². The van der Waals surface area contributed by atoms with Crippen molar-refractivity contribution in [3.05, 3.63) is 46.4 Å². The summed E-state index contributed by atoms with van der Waals surface area (Å²) in [6.45, 7) is 11.6. The van der Waals surface area contributed by atoms with E-state index in [1.165, 1.54) is 27.6 Å². The molecule has 2 aromatic rings. The highest BCUT2D eigenvalue weighted by molar-refractivity contribution is 5.86. The highest BCUT2D eigenvalue weighted by atomic mass is 14.7. The van der Waals surface area contributed by atoms with Crippen molar-refractivity contribution in [2.24, 2.45) is 0 Å². The van der Waals surface area contributed by atoms with Gasteiger partial charge in [0.25, 0.3) is 0 Å². The van der Waals surface area contributed by atoms with Gasteiger partial charge in [0.05, 0.1) is 0 Å². The van der Waals surface area contributed by atoms with Gasteiger partial charge >= 0.3 is 0 Å². The zero-order valence-corrected chi connectivity index (χ0v) is 9.09. The summed E-state index contributed by atoms with van der Waals surface area (Å²) in [6, 6.07) is 4.29. The van der Waals surface area contributed by atoms with Crippen LogP contribution in [-0.2, 0) is 6.42 Å². The molecule has 0 aliphatic rings. The summed E-state index contributed by atoms with van der Waals surface area (Å²) >= 11 is 0. The summed E-state index contributed by atoms with van der Waals surface area (Å²) < 4.78 is 0. The van der Waals surface area contributed by atoms with Gasteiger partial charge in [0.15, 0.2) is 0 Å². The van der Waals surface area contributed by atoms with Crippen molar-refractivity contribution in [1.29, 1.82) is 0 Å². The van der Waals surface area contributed by atoms with Crippen LogP contribution in [0.1, 0.15) is 16.7 Å². The maximum absolute atomic E-state index is 6.80. The van der Waals surface area contributed by atoms with Gasteiger partial charge in [0.2, 0.25) is 6.54 Å². The Hall–Kier alpha value is -1.75. The van der Waals surface area contributed by atoms with E-state index in [0.29, 0.717) is 6.54 Å². The molecule has 1 N–H and O–H groups in total. The van der Waals surface area contributed by atoms with E-state index in [0.717, 1.165) is 6.42 Å². The first-order valence-corrected chi connectivity index (χ1v) is 5.13. The second-order valence-corrected chi connectivity index (χ2v) is 3.88. The Balaban J connectivity index is 2.53. The molecule has 0 spiro atoms. The third kappa shape index (κ3) is 1.61. The average Bonchev–Trinajstić information content (AvgIpc) is 2.64. The fourth-order valence-electron chi connectivity index (χ4n) is 1.89. The number of rotatable bonds is 2. The van der Waals surface area contributed by atoms with Gasteiger partial charge in [0, 0.05) is 23.5 Å². The van der Waals surface area contributed by atoms with Crippen molar-refractivity contribution in [3.63, 3.8) is 0 Å². The molecular formula is C13H14N2. The van der Waals surface area contributed by atoms with E-state index >= 15 is 0 Å². The Morgan fingerprint density at radius 1 is 1.33 bits per heavy atom. The molecule has 0 aliphatic carbocycles. The number of fused-ring (bicyclic) bond motifs is 1. The minimum absolute atomic E-state index is 0.569. The van der Waals surface area contributed by atoms with Gasteiger partial charge < -0.3 is 9.83 Å². The highest BCUT2D eigenvalue weighted by Crippen LogP contribution is 2.24. The lowest BCUT2D eigenvalue weighted by atomic mass is 10.0. The van der Waals surface area contributed by atoms with Crippen molar-refractivity contribution in [3.8, 4) is 0 Å². The minimum atomic E-state index is 0.569. The van der Waals surface area contributed by atoms with Crippen LogP contribution < -0.4 is 0 Å². The molecule has 0 unspecified atom stereocenters. The number of hydrogen-bond acceptors (Lipinski definition) is 0. The van der Waals surface area contributed by atoms with E-state index in [1.807, 2.05) is 6.20 Å². The predicted molar refractivity (Wildman–Crippen MR) is 62.9 cm³/mol. The van der Waals surface area contributed by atoms with Crippen LogP contribution in [0.5, 0.6) is 0 Å². The molecule has 0 saturated heterocycles. The first kappa shape index (κ1) is 9.79. The zero-order chi connectivity index (χ0) is 10.8. The standard InChI is InChI=1S/C13H14N2/c1-9-4-5-12-11(6-7-14-3)8-15-13(12)10(9)2/h4-5,8,15H,6-7H2,1-2H3. The van der Waals surface area contributed by atoms with Crippen LogP contribution in [0.15, 0.2) is 18.3 Å². The second kappa shape index (κ2) is 3.78. The van der Waals surface area contributed by atoms with Gasteiger partial charge in [-0.05, 0) is 30.5 Å². The topological polar surface area (TPSA) is 20.1 Å². The smallest absolute Gasteiger partial charge is 0.218 e. The SMILES string of the molecule is [C-]#[N+]CCc1c[nH]c2c(C)c(C)ccc12. The highest BCUT2D eigenvalue weighted by Gasteiger charge is 2.07. The fourth-order valence-corrected chi connectivity index (χ4v) is 1.89. The van der Waals surface area contributed by atoms with Crippen LogP contribution in [0, 0.1) is 20.4 Å². The van der Waals surface area contributed by atoms with E-state index in [1.54, 1.807) is 0 Å². The van der Waals surface area contributed by atoms with Gasteiger partial charge in [-0.15, -0.1) is 0 Å². The summed E-state index contributed by atoms with van der Waals surface area (Å²) in [6.07, 6.45) is 2.87. The summed E-state index contributed by atoms with van der Waals surface area (Å²) in [5, 5.41) is 1.27. The number of hydrogen-bond donors (Lipinski definition) is 1. The van der Waals surface area contributed by atoms with Crippen molar-refractivity contribution in [2.45, 2.75) is 20.3 Å². The zero-order valence-electron chi connectivity index (χ0n) is 9.09. The molecule has 0 saturated carbocycles. The van der Waals surface area contributed by atoms with Crippen molar-refractivity contribution in [1.82, 2.24) is 4.98 Å². The molecule has 0 radical (unpaired) electrons. The Bertz CT molecular complexity index is 529. The second-order valence-electron chi connectivity index (χ2n) is 3.88. The third-order valence-corrected chi connectivity index (χ3v) is 2.97. The summed E-state index contributed by atoms with van der Waals surface area (Å²) in [5.74, 6) is 0. The van der Waals surface area contributed by atoms with E-state index in [4.69, 9.17) is 6.57 Å². The molecule has 2 nitrogen and oxygen atoms in total. The maximum Gasteiger partial charge on any atom is 0.218 e. The number of aromatic amines is 1. The first-order valence-electron chi connectivity index (χ1n) is 5.13. The number of aromatic nitrogens is 1. The molecule has 1 heterocycles. The van der Waals surface area contributed by atoms with E-state index in [2.05, 4.69) is 35.8 Å². The Morgan fingerprint density at radius 2 is 2.13 bits per heavy atom. The number of H-pyrrole nitrogens is 1. The van der Waals surface area contributed by atoms with Crippen LogP contribution in [0.2, 0.25) is 0 Å². The Morgan fingerprint density at radius 3 is 2.87 bits per heavy atom. The van der Waals surface area contributed by atoms with Gasteiger partial charge in [-0.3, -0.25) is 0 Å². The lowest BCUT2D eigenvalue weighted by Gasteiger charge is -2.01. The van der Waals surface area contributed by atoms with Gasteiger partial charge in [-0.1, -0.05) is 12.1 Å². The normalized spacial score (nSPS) is 10.5. The largest absolute Gasteiger partial charge is 0.361 e. The van der Waals surface area contributed by atoms with Crippen molar-refractivity contribution < 1.29 is 0 Å². The van der Waals surface area contributed by atoms with Crippen LogP contribution in [0.3, 0.4) is 0 Å². The molecule has 1 aromatic carbocycles. The molecule has 2 heteroatoms. The molecule has 76 valence electrons. The monoisotopic (exact) mass is 198 g/mol. The molecule has 0 bridgehead atoms. The first-order chi connectivity index (χ1) is 7.24. The number of benzene rings is 1. The molecule has 15 heavy (non-hydrogen) atoms. The number of aryl methyl sites for hydroxylation is 2. The molecule has 0 atom stereocenters. The lowest BCUT2D eigenvalue weighted by Crippen LogP contribution is -1.86. The van der Waals surface area contributed by atoms with Crippen molar-refractivity contribution >= 4 is 10.9 Å². The third-order valence-electron chi connectivity index (χ3n) is 2.97. The minimum Gasteiger partial charge on any atom is -0.361 e. The molecule has 0 amide bonds. The van der Waals surface area contributed by atoms with E-state index in [9.17, 15) is 0 Å². The van der Waals surface area contributed by atoms with E-state index in [-0.39, 0.29) is 0 Å². The number of nitrogens with zero attached hydrogens (tertiary/aromatic N) is 1.